The molecule has 0 aliphatic carbocycles. The lowest BCUT2D eigenvalue weighted by molar-refractivity contribution is -0.294. The van der Waals surface area contributed by atoms with E-state index in [9.17, 15) is 24.6 Å². The Morgan fingerprint density at radius 1 is 1.21 bits per heavy atom. The molecular weight excluding hydrogens is 334 g/mol. The number of carboxylic acids is 1. The summed E-state index contributed by atoms with van der Waals surface area (Å²) in [5.74, 6) is -2.35. The molecule has 0 saturated carbocycles. The number of nitrogens with zero attached hydrogens (tertiary/aromatic N) is 1. The van der Waals surface area contributed by atoms with Crippen molar-refractivity contribution in [1.29, 1.82) is 0 Å². The number of aliphatic imine (C=N–C) groups is 1. The Labute approximate surface area is 141 Å². The van der Waals surface area contributed by atoms with Gasteiger partial charge in [-0.25, -0.2) is 0 Å². The average molecular weight is 348 g/mol. The van der Waals surface area contributed by atoms with E-state index in [0.29, 0.717) is 5.56 Å². The number of hydrogen-bond acceptors (Lipinski definition) is 7. The summed E-state index contributed by atoms with van der Waals surface area (Å²) in [4.78, 5) is 39.6. The highest BCUT2D eigenvalue weighted by molar-refractivity contribution is 8.01. The van der Waals surface area contributed by atoms with Gasteiger partial charge in [0.05, 0.1) is 23.5 Å². The minimum Gasteiger partial charge on any atom is -0.543 e. The number of rotatable bonds is 4. The van der Waals surface area contributed by atoms with E-state index in [1.165, 1.54) is 0 Å². The summed E-state index contributed by atoms with van der Waals surface area (Å²) in [5, 5.41) is 23.9. The van der Waals surface area contributed by atoms with Crippen molar-refractivity contribution in [3.05, 3.63) is 35.9 Å². The first-order valence-corrected chi connectivity index (χ1v) is 8.16. The fourth-order valence-electron chi connectivity index (χ4n) is 2.63. The third-order valence-electron chi connectivity index (χ3n) is 3.80. The second-order valence-electron chi connectivity index (χ2n) is 5.34. The Morgan fingerprint density at radius 2 is 1.92 bits per heavy atom. The predicted molar refractivity (Wildman–Crippen MR) is 84.0 cm³/mol. The number of benzene rings is 1. The zero-order chi connectivity index (χ0) is 17.3. The van der Waals surface area contributed by atoms with Crippen molar-refractivity contribution < 1.29 is 24.6 Å². The fraction of sp³-hybridized carbons (Fsp3) is 0.333. The first-order valence-electron chi connectivity index (χ1n) is 7.22. The molecule has 1 aromatic rings. The van der Waals surface area contributed by atoms with Crippen LogP contribution in [0.2, 0.25) is 0 Å². The van der Waals surface area contributed by atoms with Gasteiger partial charge in [0, 0.05) is 0 Å². The molecular formula is C15H14N3O5S-. The number of aliphatic hydroxyl groups excluding tert-OH is 1. The van der Waals surface area contributed by atoms with Gasteiger partial charge in [-0.15, -0.1) is 11.8 Å². The van der Waals surface area contributed by atoms with Crippen LogP contribution in [0.15, 0.2) is 35.3 Å². The van der Waals surface area contributed by atoms with Crippen molar-refractivity contribution in [2.75, 3.05) is 6.61 Å². The molecule has 1 fully saturated rings. The molecule has 4 atom stereocenters. The van der Waals surface area contributed by atoms with Crippen LogP contribution in [-0.2, 0) is 14.4 Å². The van der Waals surface area contributed by atoms with E-state index in [0.717, 1.165) is 11.8 Å². The zero-order valence-corrected chi connectivity index (χ0v) is 13.2. The van der Waals surface area contributed by atoms with Crippen LogP contribution in [-0.4, -0.2) is 51.9 Å². The number of thioether (sulfide) groups is 1. The third kappa shape index (κ3) is 3.00. The van der Waals surface area contributed by atoms with Gasteiger partial charge in [0.1, 0.15) is 17.5 Å². The number of carbonyl (C=O) groups is 3. The van der Waals surface area contributed by atoms with E-state index in [-0.39, 0.29) is 5.71 Å². The van der Waals surface area contributed by atoms with Crippen molar-refractivity contribution in [3.8, 4) is 0 Å². The van der Waals surface area contributed by atoms with E-state index >= 15 is 0 Å². The summed E-state index contributed by atoms with van der Waals surface area (Å²) in [5.41, 5.74) is 0.341. The number of carbonyl (C=O) groups excluding carboxylic acids is 3. The van der Waals surface area contributed by atoms with Crippen LogP contribution in [0, 0.1) is 0 Å². The molecule has 9 heteroatoms. The number of nitrogens with one attached hydrogen (secondary N) is 2. The van der Waals surface area contributed by atoms with Crippen molar-refractivity contribution in [3.63, 3.8) is 0 Å². The van der Waals surface area contributed by atoms with E-state index in [1.807, 2.05) is 0 Å². The Balaban J connectivity index is 1.77. The summed E-state index contributed by atoms with van der Waals surface area (Å²) >= 11 is 1.01. The lowest BCUT2D eigenvalue weighted by atomic mass is 10.0. The van der Waals surface area contributed by atoms with Crippen LogP contribution < -0.4 is 15.7 Å². The molecule has 2 heterocycles. The maximum Gasteiger partial charge on any atom is 0.247 e. The fourth-order valence-corrected chi connectivity index (χ4v) is 3.86. The van der Waals surface area contributed by atoms with Gasteiger partial charge in [-0.05, 0) is 5.56 Å². The SMILES string of the molecule is O=C([O-])C1=N[C@@H]([C@@H]2NC(=O)C(c3ccccc3)NC2=O)S[C@H]1CO. The molecule has 1 unspecified atom stereocenters. The Kier molecular flexibility index (Phi) is 4.54. The minimum absolute atomic E-state index is 0.306. The van der Waals surface area contributed by atoms with E-state index in [1.54, 1.807) is 30.3 Å². The van der Waals surface area contributed by atoms with Gasteiger partial charge in [-0.2, -0.15) is 0 Å². The highest BCUT2D eigenvalue weighted by atomic mass is 32.2. The largest absolute Gasteiger partial charge is 0.543 e. The van der Waals surface area contributed by atoms with Gasteiger partial charge in [0.15, 0.2) is 0 Å². The van der Waals surface area contributed by atoms with Crippen LogP contribution in [0.4, 0.5) is 0 Å². The quantitative estimate of drug-likeness (QED) is 0.575. The molecule has 0 radical (unpaired) electrons. The highest BCUT2D eigenvalue weighted by Gasteiger charge is 2.43. The van der Waals surface area contributed by atoms with Gasteiger partial charge in [-0.1, -0.05) is 30.3 Å². The number of amides is 2. The first kappa shape index (κ1) is 16.5. The van der Waals surface area contributed by atoms with Crippen LogP contribution in [0.3, 0.4) is 0 Å². The summed E-state index contributed by atoms with van der Waals surface area (Å²) < 4.78 is 0. The second kappa shape index (κ2) is 6.62. The molecule has 1 saturated heterocycles. The maximum absolute atomic E-state index is 12.3. The smallest absolute Gasteiger partial charge is 0.247 e. The highest BCUT2D eigenvalue weighted by Crippen LogP contribution is 2.31. The normalized spacial score (nSPS) is 29.6. The standard InChI is InChI=1S/C15H15N3O5S/c19-6-8-10(15(22)23)18-14(24-8)11-13(21)16-9(12(20)17-11)7-4-2-1-3-5-7/h1-5,8-9,11,14,19H,6H2,(H,16,21)(H,17,20)(H,22,23)/p-1/t8-,9?,11+,14+/m0/s1. The number of aliphatic hydroxyl groups is 1. The zero-order valence-electron chi connectivity index (χ0n) is 12.3. The van der Waals surface area contributed by atoms with Gasteiger partial charge in [-0.3, -0.25) is 14.6 Å². The number of hydrogen-bond donors (Lipinski definition) is 3. The molecule has 126 valence electrons. The summed E-state index contributed by atoms with van der Waals surface area (Å²) in [6.45, 7) is -0.442. The van der Waals surface area contributed by atoms with Crippen molar-refractivity contribution >= 4 is 35.3 Å². The molecule has 0 bridgehead atoms. The predicted octanol–water partition coefficient (Wildman–Crippen LogP) is -2.03. The topological polar surface area (TPSA) is 131 Å². The average Bonchev–Trinajstić information content (AvgIpc) is 3.02. The van der Waals surface area contributed by atoms with Crippen LogP contribution >= 0.6 is 11.8 Å². The van der Waals surface area contributed by atoms with Gasteiger partial charge < -0.3 is 25.6 Å². The molecule has 1 aromatic carbocycles. The monoisotopic (exact) mass is 348 g/mol. The molecule has 3 N–H and O–H groups in total. The van der Waals surface area contributed by atoms with E-state index in [2.05, 4.69) is 15.6 Å². The molecule has 2 aliphatic rings. The van der Waals surface area contributed by atoms with Crippen molar-refractivity contribution in [2.45, 2.75) is 22.7 Å². The number of aliphatic carboxylic acids is 1. The van der Waals surface area contributed by atoms with E-state index < -0.39 is 47.1 Å². The van der Waals surface area contributed by atoms with Gasteiger partial charge in [0.2, 0.25) is 11.8 Å². The van der Waals surface area contributed by atoms with Crippen LogP contribution in [0.1, 0.15) is 11.6 Å². The summed E-state index contributed by atoms with van der Waals surface area (Å²) in [7, 11) is 0. The Morgan fingerprint density at radius 3 is 2.50 bits per heavy atom. The molecule has 24 heavy (non-hydrogen) atoms. The third-order valence-corrected chi connectivity index (χ3v) is 5.15. The van der Waals surface area contributed by atoms with Crippen molar-refractivity contribution in [2.24, 2.45) is 4.99 Å². The Hall–Kier alpha value is -2.39. The molecule has 2 amide bonds. The molecule has 3 rings (SSSR count). The molecule has 2 aliphatic heterocycles. The van der Waals surface area contributed by atoms with E-state index in [4.69, 9.17) is 0 Å². The van der Waals surface area contributed by atoms with Gasteiger partial charge in [0.25, 0.3) is 0 Å². The lowest BCUT2D eigenvalue weighted by Gasteiger charge is -2.31. The summed E-state index contributed by atoms with van der Waals surface area (Å²) in [6.07, 6.45) is 0. The van der Waals surface area contributed by atoms with Crippen molar-refractivity contribution in [1.82, 2.24) is 10.6 Å². The molecule has 0 spiro atoms. The van der Waals surface area contributed by atoms with Crippen LogP contribution in [0.5, 0.6) is 0 Å². The summed E-state index contributed by atoms with van der Waals surface area (Å²) in [6, 6.07) is 6.96. The molecule has 0 aromatic heterocycles. The molecule has 8 nitrogen and oxygen atoms in total. The van der Waals surface area contributed by atoms with Gasteiger partial charge >= 0.3 is 0 Å². The Bertz CT molecular complexity index is 708. The maximum atomic E-state index is 12.3. The second-order valence-corrected chi connectivity index (χ2v) is 6.66. The lowest BCUT2D eigenvalue weighted by Crippen LogP contribution is -2.60. The minimum atomic E-state index is -1.49. The van der Waals surface area contributed by atoms with Crippen LogP contribution in [0.25, 0.3) is 0 Å². The first-order chi connectivity index (χ1) is 11.5. The number of carboxylic acid groups (broad SMARTS) is 1. The number of piperazine rings is 1.